The number of hydrogen-bond donors (Lipinski definition) is 1. The molecule has 0 bridgehead atoms. The first kappa shape index (κ1) is 32.7. The van der Waals surface area contributed by atoms with Crippen molar-refractivity contribution in [3.63, 3.8) is 0 Å². The Bertz CT molecular complexity index is 726. The highest BCUT2D eigenvalue weighted by Crippen LogP contribution is 2.60. The van der Waals surface area contributed by atoms with E-state index in [0.717, 1.165) is 6.08 Å². The number of carboxylic acids is 1. The van der Waals surface area contributed by atoms with Gasteiger partial charge >= 0.3 is 47.7 Å². The molecule has 0 aliphatic heterocycles. The molecule has 0 atom stereocenters. The molecule has 4 nitrogen and oxygen atoms in total. The van der Waals surface area contributed by atoms with E-state index < -0.39 is 60.2 Å². The van der Waals surface area contributed by atoms with Crippen molar-refractivity contribution in [2.45, 2.75) is 55.6 Å². The van der Waals surface area contributed by atoms with Gasteiger partial charge in [-0.25, -0.2) is 9.59 Å². The zero-order chi connectivity index (χ0) is 27.3. The first-order chi connectivity index (χ1) is 14.4. The van der Waals surface area contributed by atoms with Crippen LogP contribution in [0.5, 0.6) is 0 Å². The van der Waals surface area contributed by atoms with E-state index in [0.29, 0.717) is 6.61 Å². The van der Waals surface area contributed by atoms with Gasteiger partial charge in [0.1, 0.15) is 0 Å². The van der Waals surface area contributed by atoms with Crippen molar-refractivity contribution < 1.29 is 76.5 Å². The van der Waals surface area contributed by atoms with Gasteiger partial charge in [-0.1, -0.05) is 13.2 Å². The second kappa shape index (κ2) is 10.6. The van der Waals surface area contributed by atoms with Crippen LogP contribution in [-0.2, 0) is 14.3 Å². The Kier molecular flexibility index (Phi) is 10.5. The van der Waals surface area contributed by atoms with Gasteiger partial charge in [0.15, 0.2) is 0 Å². The van der Waals surface area contributed by atoms with Gasteiger partial charge < -0.3 is 9.84 Å². The molecule has 1 N–H and O–H groups in total. The Morgan fingerprint density at radius 1 is 0.818 bits per heavy atom. The van der Waals surface area contributed by atoms with Crippen molar-refractivity contribution >= 4 is 11.9 Å². The van der Waals surface area contributed by atoms with Crippen molar-refractivity contribution in [3.8, 4) is 0 Å². The summed E-state index contributed by atoms with van der Waals surface area (Å²) in [5.41, 5.74) is -1.27. The van der Waals surface area contributed by atoms with Gasteiger partial charge in [0, 0.05) is 18.1 Å². The SMILES string of the molecule is C=C(CCC(F)(F)C(F)(F)C(F)(F)C(F)(F)C(F)(F)C(F)(F)F)C(=O)O.C=CC(=O)OCC. The number of carbonyl (C=O) groups is 2. The third-order valence-electron chi connectivity index (χ3n) is 3.49. The van der Waals surface area contributed by atoms with Crippen LogP contribution >= 0.6 is 0 Å². The molecule has 0 aromatic rings. The fourth-order valence-corrected chi connectivity index (χ4v) is 1.58. The van der Waals surface area contributed by atoms with Crippen LogP contribution in [0.4, 0.5) is 57.1 Å². The van der Waals surface area contributed by atoms with Crippen LogP contribution in [0.25, 0.3) is 0 Å². The molecule has 0 heterocycles. The van der Waals surface area contributed by atoms with E-state index in [1.807, 2.05) is 0 Å². The van der Waals surface area contributed by atoms with E-state index in [9.17, 15) is 66.7 Å². The Labute approximate surface area is 176 Å². The molecule has 0 fully saturated rings. The molecular formula is C16H15F13O4. The molecule has 0 spiro atoms. The highest BCUT2D eigenvalue weighted by Gasteiger charge is 2.90. The molecule has 17 heteroatoms. The molecule has 0 aliphatic carbocycles. The normalized spacial score (nSPS) is 13.5. The molecule has 0 rings (SSSR count). The predicted molar refractivity (Wildman–Crippen MR) is 83.6 cm³/mol. The summed E-state index contributed by atoms with van der Waals surface area (Å²) in [5, 5.41) is 8.24. The maximum absolute atomic E-state index is 13.2. The summed E-state index contributed by atoms with van der Waals surface area (Å²) in [6, 6.07) is 0. The van der Waals surface area contributed by atoms with Gasteiger partial charge in [-0.15, -0.1) is 0 Å². The fourth-order valence-electron chi connectivity index (χ4n) is 1.58. The van der Waals surface area contributed by atoms with Crippen LogP contribution in [0.15, 0.2) is 24.8 Å². The molecule has 0 aliphatic rings. The first-order valence-electron chi connectivity index (χ1n) is 8.05. The summed E-state index contributed by atoms with van der Waals surface area (Å²) in [6.45, 7) is 7.92. The van der Waals surface area contributed by atoms with Gasteiger partial charge in [0.2, 0.25) is 0 Å². The van der Waals surface area contributed by atoms with Crippen LogP contribution in [0, 0.1) is 0 Å². The second-order valence-corrected chi connectivity index (χ2v) is 5.86. The average Bonchev–Trinajstić information content (AvgIpc) is 2.65. The molecule has 0 aromatic heterocycles. The Morgan fingerprint density at radius 3 is 1.48 bits per heavy atom. The summed E-state index contributed by atoms with van der Waals surface area (Å²) in [4.78, 5) is 20.3. The monoisotopic (exact) mass is 518 g/mol. The quantitative estimate of drug-likeness (QED) is 0.223. The van der Waals surface area contributed by atoms with Gasteiger partial charge in [-0.2, -0.15) is 57.1 Å². The summed E-state index contributed by atoms with van der Waals surface area (Å²) < 4.78 is 170. The lowest BCUT2D eigenvalue weighted by molar-refractivity contribution is -0.440. The molecular weight excluding hydrogens is 503 g/mol. The van der Waals surface area contributed by atoms with Crippen LogP contribution in [0.1, 0.15) is 19.8 Å². The van der Waals surface area contributed by atoms with Crippen LogP contribution in [-0.4, -0.2) is 59.4 Å². The summed E-state index contributed by atoms with van der Waals surface area (Å²) in [6.07, 6.45) is -10.6. The van der Waals surface area contributed by atoms with E-state index in [-0.39, 0.29) is 5.97 Å². The molecule has 0 amide bonds. The Hall–Kier alpha value is -2.49. The van der Waals surface area contributed by atoms with E-state index >= 15 is 0 Å². The van der Waals surface area contributed by atoms with Gasteiger partial charge in [0.05, 0.1) is 6.61 Å². The van der Waals surface area contributed by atoms with E-state index in [4.69, 9.17) is 5.11 Å². The molecule has 0 saturated carbocycles. The molecule has 0 aromatic carbocycles. The Morgan fingerprint density at radius 2 is 1.21 bits per heavy atom. The van der Waals surface area contributed by atoms with Crippen molar-refractivity contribution in [1.82, 2.24) is 0 Å². The zero-order valence-electron chi connectivity index (χ0n) is 16.2. The lowest BCUT2D eigenvalue weighted by atomic mass is 9.91. The van der Waals surface area contributed by atoms with Crippen molar-refractivity contribution in [2.24, 2.45) is 0 Å². The molecule has 33 heavy (non-hydrogen) atoms. The molecule has 194 valence electrons. The standard InChI is InChI=1S/C11H7F13O2.C5H8O2/c1-4(5(25)26)2-3-6(12,13)7(14,15)8(16,17)9(18,19)10(20,21)11(22,23)24;1-3-5(6)7-4-2/h1-3H2,(H,25,26);3H,1,4H2,2H3. The van der Waals surface area contributed by atoms with E-state index in [1.54, 1.807) is 6.92 Å². The summed E-state index contributed by atoms with van der Waals surface area (Å²) >= 11 is 0. The molecule has 0 radical (unpaired) electrons. The van der Waals surface area contributed by atoms with Crippen molar-refractivity contribution in [1.29, 1.82) is 0 Å². The largest absolute Gasteiger partial charge is 0.478 e. The number of carboxylic acid groups (broad SMARTS) is 1. The summed E-state index contributed by atoms with van der Waals surface area (Å²) in [5.74, 6) is -39.7. The fraction of sp³-hybridized carbons (Fsp3) is 0.625. The smallest absolute Gasteiger partial charge is 0.460 e. The highest BCUT2D eigenvalue weighted by molar-refractivity contribution is 5.85. The number of carbonyl (C=O) groups excluding carboxylic acids is 1. The summed E-state index contributed by atoms with van der Waals surface area (Å²) in [7, 11) is 0. The number of aliphatic carboxylic acids is 1. The minimum Gasteiger partial charge on any atom is -0.478 e. The number of esters is 1. The maximum Gasteiger partial charge on any atom is 0.460 e. The second-order valence-electron chi connectivity index (χ2n) is 5.86. The first-order valence-corrected chi connectivity index (χ1v) is 8.05. The third-order valence-corrected chi connectivity index (χ3v) is 3.49. The number of rotatable bonds is 10. The maximum atomic E-state index is 13.2. The van der Waals surface area contributed by atoms with E-state index in [2.05, 4.69) is 17.9 Å². The topological polar surface area (TPSA) is 63.6 Å². The Balaban J connectivity index is 0. The van der Waals surface area contributed by atoms with Crippen molar-refractivity contribution in [2.75, 3.05) is 6.61 Å². The number of halogens is 13. The number of ether oxygens (including phenoxy) is 1. The minimum absolute atomic E-state index is 0.359. The minimum atomic E-state index is -7.96. The highest BCUT2D eigenvalue weighted by atomic mass is 19.4. The van der Waals surface area contributed by atoms with Gasteiger partial charge in [-0.3, -0.25) is 0 Å². The third kappa shape index (κ3) is 6.75. The van der Waals surface area contributed by atoms with Crippen LogP contribution in [0.3, 0.4) is 0 Å². The van der Waals surface area contributed by atoms with Gasteiger partial charge in [-0.05, 0) is 13.3 Å². The van der Waals surface area contributed by atoms with Crippen LogP contribution < -0.4 is 0 Å². The lowest BCUT2D eigenvalue weighted by Crippen LogP contribution is -2.70. The van der Waals surface area contributed by atoms with Crippen LogP contribution in [0.2, 0.25) is 0 Å². The average molecular weight is 518 g/mol. The lowest BCUT2D eigenvalue weighted by Gasteiger charge is -2.39. The van der Waals surface area contributed by atoms with Crippen molar-refractivity contribution in [3.05, 3.63) is 24.8 Å². The number of alkyl halides is 13. The molecule has 0 saturated heterocycles. The predicted octanol–water partition coefficient (Wildman–Crippen LogP) is 5.88. The molecule has 0 unspecified atom stereocenters. The van der Waals surface area contributed by atoms with E-state index in [1.165, 1.54) is 0 Å². The zero-order valence-corrected chi connectivity index (χ0v) is 16.2. The number of hydrogen-bond acceptors (Lipinski definition) is 3. The van der Waals surface area contributed by atoms with Gasteiger partial charge in [0.25, 0.3) is 0 Å².